The quantitative estimate of drug-likeness (QED) is 0.913. The highest BCUT2D eigenvalue weighted by atomic mass is 19.1. The Bertz CT molecular complexity index is 584. The summed E-state index contributed by atoms with van der Waals surface area (Å²) in [5, 5.41) is 2.88. The van der Waals surface area contributed by atoms with Crippen LogP contribution in [0.2, 0.25) is 0 Å². The van der Waals surface area contributed by atoms with E-state index in [0.29, 0.717) is 29.0 Å². The average molecular weight is 263 g/mol. The largest absolute Gasteiger partial charge is 0.497 e. The second kappa shape index (κ2) is 5.80. The monoisotopic (exact) mass is 263 g/mol. The molecule has 0 aromatic heterocycles. The number of hydrogen-bond donors (Lipinski definition) is 1. The van der Waals surface area contributed by atoms with Gasteiger partial charge in [0.2, 0.25) is 0 Å². The third-order valence-corrected chi connectivity index (χ3v) is 2.90. The molecule has 0 aliphatic carbocycles. The standard InChI is InChI=1S/C15H15F2NO/c1-18-9-11-7-10(3-6-14(11)16)13-5-4-12(19-2)8-15(13)17/h3-8,18H,9H2,1-2H3. The Hall–Kier alpha value is -1.94. The first-order chi connectivity index (χ1) is 9.15. The molecular formula is C15H15F2NO. The van der Waals surface area contributed by atoms with Crippen molar-refractivity contribution in [2.24, 2.45) is 0 Å². The first-order valence-corrected chi connectivity index (χ1v) is 5.92. The molecule has 0 atom stereocenters. The van der Waals surface area contributed by atoms with Crippen molar-refractivity contribution in [2.75, 3.05) is 14.2 Å². The third-order valence-electron chi connectivity index (χ3n) is 2.90. The third kappa shape index (κ3) is 2.90. The molecular weight excluding hydrogens is 248 g/mol. The molecule has 2 aromatic rings. The fourth-order valence-electron chi connectivity index (χ4n) is 1.93. The van der Waals surface area contributed by atoms with E-state index in [-0.39, 0.29) is 11.6 Å². The Labute approximate surface area is 111 Å². The molecule has 0 unspecified atom stereocenters. The minimum Gasteiger partial charge on any atom is -0.497 e. The van der Waals surface area contributed by atoms with Gasteiger partial charge >= 0.3 is 0 Å². The highest BCUT2D eigenvalue weighted by molar-refractivity contribution is 5.65. The summed E-state index contributed by atoms with van der Waals surface area (Å²) < 4.78 is 32.4. The van der Waals surface area contributed by atoms with Crippen LogP contribution in [-0.4, -0.2) is 14.2 Å². The lowest BCUT2D eigenvalue weighted by molar-refractivity contribution is 0.411. The van der Waals surface area contributed by atoms with Gasteiger partial charge in [-0.2, -0.15) is 0 Å². The van der Waals surface area contributed by atoms with Gasteiger partial charge in [-0.3, -0.25) is 0 Å². The second-order valence-corrected chi connectivity index (χ2v) is 4.18. The zero-order valence-electron chi connectivity index (χ0n) is 10.8. The van der Waals surface area contributed by atoms with Crippen LogP contribution in [-0.2, 0) is 6.54 Å². The van der Waals surface area contributed by atoms with Crippen LogP contribution in [0.25, 0.3) is 11.1 Å². The SMILES string of the molecule is CNCc1cc(-c2ccc(OC)cc2F)ccc1F. The summed E-state index contributed by atoms with van der Waals surface area (Å²) in [4.78, 5) is 0. The van der Waals surface area contributed by atoms with Gasteiger partial charge in [-0.25, -0.2) is 8.78 Å². The van der Waals surface area contributed by atoms with E-state index in [0.717, 1.165) is 0 Å². The van der Waals surface area contributed by atoms with E-state index in [4.69, 9.17) is 4.74 Å². The van der Waals surface area contributed by atoms with Crippen LogP contribution in [0.15, 0.2) is 36.4 Å². The van der Waals surface area contributed by atoms with Crippen molar-refractivity contribution in [2.45, 2.75) is 6.54 Å². The molecule has 19 heavy (non-hydrogen) atoms. The van der Waals surface area contributed by atoms with Gasteiger partial charge in [-0.1, -0.05) is 6.07 Å². The summed E-state index contributed by atoms with van der Waals surface area (Å²) in [5.41, 5.74) is 1.58. The number of nitrogens with one attached hydrogen (secondary N) is 1. The Morgan fingerprint density at radius 3 is 2.47 bits per heavy atom. The fraction of sp³-hybridized carbons (Fsp3) is 0.200. The van der Waals surface area contributed by atoms with Gasteiger partial charge < -0.3 is 10.1 Å². The smallest absolute Gasteiger partial charge is 0.134 e. The Morgan fingerprint density at radius 2 is 1.84 bits per heavy atom. The highest BCUT2D eigenvalue weighted by Crippen LogP contribution is 2.27. The predicted molar refractivity (Wildman–Crippen MR) is 71.1 cm³/mol. The minimum atomic E-state index is -0.388. The van der Waals surface area contributed by atoms with Crippen molar-refractivity contribution < 1.29 is 13.5 Å². The Balaban J connectivity index is 2.44. The van der Waals surface area contributed by atoms with Gasteiger partial charge in [0, 0.05) is 23.7 Å². The molecule has 0 heterocycles. The van der Waals surface area contributed by atoms with E-state index in [9.17, 15) is 8.78 Å². The highest BCUT2D eigenvalue weighted by Gasteiger charge is 2.09. The van der Waals surface area contributed by atoms with E-state index in [2.05, 4.69) is 5.32 Å². The van der Waals surface area contributed by atoms with Crippen molar-refractivity contribution >= 4 is 0 Å². The normalized spacial score (nSPS) is 10.5. The lowest BCUT2D eigenvalue weighted by Gasteiger charge is -2.09. The van der Waals surface area contributed by atoms with Gasteiger partial charge in [0.05, 0.1) is 7.11 Å². The molecule has 0 bridgehead atoms. The van der Waals surface area contributed by atoms with Gasteiger partial charge in [-0.05, 0) is 36.9 Å². The van der Waals surface area contributed by atoms with Crippen molar-refractivity contribution in [3.63, 3.8) is 0 Å². The van der Waals surface area contributed by atoms with E-state index in [1.165, 1.54) is 19.2 Å². The maximum Gasteiger partial charge on any atom is 0.134 e. The molecule has 100 valence electrons. The number of halogens is 2. The molecule has 0 saturated carbocycles. The second-order valence-electron chi connectivity index (χ2n) is 4.18. The molecule has 2 nitrogen and oxygen atoms in total. The van der Waals surface area contributed by atoms with Gasteiger partial charge in [0.25, 0.3) is 0 Å². The number of rotatable bonds is 4. The fourth-order valence-corrected chi connectivity index (χ4v) is 1.93. The number of methoxy groups -OCH3 is 1. The molecule has 0 saturated heterocycles. The number of benzene rings is 2. The first-order valence-electron chi connectivity index (χ1n) is 5.92. The molecule has 0 aliphatic rings. The molecule has 2 aromatic carbocycles. The maximum absolute atomic E-state index is 14.0. The van der Waals surface area contributed by atoms with Crippen LogP contribution in [0.4, 0.5) is 8.78 Å². The lowest BCUT2D eigenvalue weighted by Crippen LogP contribution is -2.07. The molecule has 0 fully saturated rings. The topological polar surface area (TPSA) is 21.3 Å². The molecule has 1 N–H and O–H groups in total. The Morgan fingerprint density at radius 1 is 1.05 bits per heavy atom. The summed E-state index contributed by atoms with van der Waals surface area (Å²) in [6, 6.07) is 9.20. The molecule has 0 aliphatic heterocycles. The van der Waals surface area contributed by atoms with Crippen LogP contribution >= 0.6 is 0 Å². The zero-order valence-corrected chi connectivity index (χ0v) is 10.8. The summed E-state index contributed by atoms with van der Waals surface area (Å²) in [7, 11) is 3.22. The van der Waals surface area contributed by atoms with Crippen molar-refractivity contribution in [3.8, 4) is 16.9 Å². The lowest BCUT2D eigenvalue weighted by atomic mass is 10.0. The molecule has 2 rings (SSSR count). The van der Waals surface area contributed by atoms with Gasteiger partial charge in [0.15, 0.2) is 0 Å². The van der Waals surface area contributed by atoms with Crippen LogP contribution in [0.5, 0.6) is 5.75 Å². The molecule has 0 radical (unpaired) electrons. The molecule has 4 heteroatoms. The Kier molecular flexibility index (Phi) is 4.12. The van der Waals surface area contributed by atoms with Gasteiger partial charge in [0.1, 0.15) is 17.4 Å². The maximum atomic E-state index is 14.0. The van der Waals surface area contributed by atoms with E-state index in [1.54, 1.807) is 31.3 Å². The van der Waals surface area contributed by atoms with E-state index >= 15 is 0 Å². The average Bonchev–Trinajstić information content (AvgIpc) is 2.41. The van der Waals surface area contributed by atoms with E-state index in [1.807, 2.05) is 0 Å². The van der Waals surface area contributed by atoms with Crippen molar-refractivity contribution in [3.05, 3.63) is 53.6 Å². The van der Waals surface area contributed by atoms with Crippen LogP contribution in [0, 0.1) is 11.6 Å². The summed E-state index contributed by atoms with van der Waals surface area (Å²) >= 11 is 0. The minimum absolute atomic E-state index is 0.299. The number of hydrogen-bond acceptors (Lipinski definition) is 2. The zero-order chi connectivity index (χ0) is 13.8. The molecule has 0 amide bonds. The summed E-state index contributed by atoms with van der Waals surface area (Å²) in [6.45, 7) is 0.400. The van der Waals surface area contributed by atoms with Crippen molar-refractivity contribution in [1.82, 2.24) is 5.32 Å². The molecule has 0 spiro atoms. The predicted octanol–water partition coefficient (Wildman–Crippen LogP) is 3.36. The number of ether oxygens (including phenoxy) is 1. The first kappa shape index (κ1) is 13.5. The van der Waals surface area contributed by atoms with Crippen molar-refractivity contribution in [1.29, 1.82) is 0 Å². The summed E-state index contributed by atoms with van der Waals surface area (Å²) in [6.07, 6.45) is 0. The van der Waals surface area contributed by atoms with E-state index < -0.39 is 0 Å². The van der Waals surface area contributed by atoms with Gasteiger partial charge in [-0.15, -0.1) is 0 Å². The van der Waals surface area contributed by atoms with Crippen LogP contribution in [0.3, 0.4) is 0 Å². The van der Waals surface area contributed by atoms with Crippen LogP contribution in [0.1, 0.15) is 5.56 Å². The van der Waals surface area contributed by atoms with Crippen LogP contribution < -0.4 is 10.1 Å². The summed E-state index contributed by atoms with van der Waals surface area (Å²) in [5.74, 6) is -0.229.